The number of benzene rings is 2. The highest BCUT2D eigenvalue weighted by atomic mass is 16.5. The normalized spacial score (nSPS) is 10.4. The van der Waals surface area contributed by atoms with Crippen LogP contribution in [0.15, 0.2) is 48.5 Å². The molecule has 2 aromatic rings. The third kappa shape index (κ3) is 4.52. The molecule has 2 rings (SSSR count). The Balaban J connectivity index is 2.02. The Kier molecular flexibility index (Phi) is 5.42. The predicted octanol–water partition coefficient (Wildman–Crippen LogP) is 4.68. The van der Waals surface area contributed by atoms with Crippen LogP contribution in [0.2, 0.25) is 0 Å². The molecule has 2 N–H and O–H groups in total. The van der Waals surface area contributed by atoms with Crippen molar-refractivity contribution in [3.63, 3.8) is 0 Å². The van der Waals surface area contributed by atoms with Crippen molar-refractivity contribution in [2.75, 3.05) is 10.6 Å². The maximum atomic E-state index is 12.1. The molecule has 2 amide bonds. The van der Waals surface area contributed by atoms with Gasteiger partial charge in [-0.3, -0.25) is 0 Å². The fourth-order valence-corrected chi connectivity index (χ4v) is 2.04. The van der Waals surface area contributed by atoms with Crippen molar-refractivity contribution < 1.29 is 9.53 Å². The van der Waals surface area contributed by atoms with Crippen LogP contribution in [0.1, 0.15) is 26.3 Å². The number of para-hydroxylation sites is 2. The molecule has 2 aromatic carbocycles. The van der Waals surface area contributed by atoms with Gasteiger partial charge < -0.3 is 15.4 Å². The minimum absolute atomic E-state index is 0.0487. The molecule has 0 atom stereocenters. The second-order valence-electron chi connectivity index (χ2n) is 5.29. The molecule has 0 bridgehead atoms. The van der Waals surface area contributed by atoms with Crippen LogP contribution in [0.25, 0.3) is 0 Å². The van der Waals surface area contributed by atoms with E-state index in [-0.39, 0.29) is 12.1 Å². The molecule has 0 aliphatic rings. The third-order valence-electron chi connectivity index (χ3n) is 3.12. The Morgan fingerprint density at radius 2 is 1.73 bits per heavy atom. The summed E-state index contributed by atoms with van der Waals surface area (Å²) in [5.74, 6) is 0.661. The van der Waals surface area contributed by atoms with Crippen molar-refractivity contribution in [3.8, 4) is 5.75 Å². The molecule has 22 heavy (non-hydrogen) atoms. The summed E-state index contributed by atoms with van der Waals surface area (Å²) in [7, 11) is 0. The number of carbonyl (C=O) groups excluding carboxylic acids is 1. The number of nitrogens with one attached hydrogen (secondary N) is 2. The number of hydrogen-bond donors (Lipinski definition) is 2. The van der Waals surface area contributed by atoms with Crippen LogP contribution in [0.5, 0.6) is 5.75 Å². The molecular formula is C18H22N2O2. The van der Waals surface area contributed by atoms with Crippen LogP contribution in [-0.2, 0) is 6.42 Å². The zero-order chi connectivity index (χ0) is 15.9. The van der Waals surface area contributed by atoms with Gasteiger partial charge in [-0.15, -0.1) is 0 Å². The molecule has 0 radical (unpaired) electrons. The van der Waals surface area contributed by atoms with Crippen molar-refractivity contribution in [1.29, 1.82) is 0 Å². The van der Waals surface area contributed by atoms with Crippen molar-refractivity contribution in [2.24, 2.45) is 0 Å². The topological polar surface area (TPSA) is 50.4 Å². The molecule has 0 saturated heterocycles. The second-order valence-corrected chi connectivity index (χ2v) is 5.29. The summed E-state index contributed by atoms with van der Waals surface area (Å²) in [6, 6.07) is 14.9. The summed E-state index contributed by atoms with van der Waals surface area (Å²) < 4.78 is 5.68. The van der Waals surface area contributed by atoms with Gasteiger partial charge in [-0.25, -0.2) is 4.79 Å². The molecular weight excluding hydrogens is 276 g/mol. The highest BCUT2D eigenvalue weighted by Gasteiger charge is 2.08. The molecule has 0 fully saturated rings. The lowest BCUT2D eigenvalue weighted by Gasteiger charge is -2.15. The molecule has 116 valence electrons. The molecule has 0 aromatic heterocycles. The molecule has 0 aliphatic heterocycles. The van der Waals surface area contributed by atoms with E-state index in [1.807, 2.05) is 62.4 Å². The highest BCUT2D eigenvalue weighted by molar-refractivity contribution is 6.00. The van der Waals surface area contributed by atoms with E-state index in [4.69, 9.17) is 4.74 Å². The average molecular weight is 298 g/mol. The van der Waals surface area contributed by atoms with E-state index in [0.717, 1.165) is 12.1 Å². The van der Waals surface area contributed by atoms with Crippen LogP contribution >= 0.6 is 0 Å². The van der Waals surface area contributed by atoms with Gasteiger partial charge in [-0.2, -0.15) is 0 Å². The molecule has 0 saturated carbocycles. The van der Waals surface area contributed by atoms with E-state index >= 15 is 0 Å². The van der Waals surface area contributed by atoms with Gasteiger partial charge in [0, 0.05) is 5.69 Å². The number of amides is 2. The minimum Gasteiger partial charge on any atom is -0.489 e. The monoisotopic (exact) mass is 298 g/mol. The molecule has 4 heteroatoms. The quantitative estimate of drug-likeness (QED) is 0.842. The SMILES string of the molecule is CCc1ccc(NC(=O)Nc2ccccc2OC(C)C)cc1. The molecule has 0 aliphatic carbocycles. The standard InChI is InChI=1S/C18H22N2O2/c1-4-14-9-11-15(12-10-14)19-18(21)20-16-7-5-6-8-17(16)22-13(2)3/h5-13H,4H2,1-3H3,(H2,19,20,21). The van der Waals surface area contributed by atoms with Gasteiger partial charge in [0.15, 0.2) is 0 Å². The largest absolute Gasteiger partial charge is 0.489 e. The molecule has 0 spiro atoms. The average Bonchev–Trinajstić information content (AvgIpc) is 2.49. The van der Waals surface area contributed by atoms with Crippen LogP contribution in [0.3, 0.4) is 0 Å². The zero-order valence-corrected chi connectivity index (χ0v) is 13.2. The Hall–Kier alpha value is -2.49. The van der Waals surface area contributed by atoms with Crippen LogP contribution < -0.4 is 15.4 Å². The van der Waals surface area contributed by atoms with Crippen molar-refractivity contribution in [1.82, 2.24) is 0 Å². The van der Waals surface area contributed by atoms with Crippen LogP contribution in [-0.4, -0.2) is 12.1 Å². The van der Waals surface area contributed by atoms with Gasteiger partial charge in [-0.1, -0.05) is 31.2 Å². The van der Waals surface area contributed by atoms with Gasteiger partial charge in [-0.05, 0) is 50.1 Å². The van der Waals surface area contributed by atoms with E-state index in [0.29, 0.717) is 11.4 Å². The maximum Gasteiger partial charge on any atom is 0.323 e. The number of aryl methyl sites for hydroxylation is 1. The van der Waals surface area contributed by atoms with Gasteiger partial charge in [0.25, 0.3) is 0 Å². The first kappa shape index (κ1) is 15.9. The Morgan fingerprint density at radius 1 is 1.05 bits per heavy atom. The lowest BCUT2D eigenvalue weighted by atomic mass is 10.1. The van der Waals surface area contributed by atoms with E-state index in [2.05, 4.69) is 17.6 Å². The van der Waals surface area contributed by atoms with Crippen molar-refractivity contribution in [3.05, 3.63) is 54.1 Å². The molecule has 0 heterocycles. The summed E-state index contributed by atoms with van der Waals surface area (Å²) in [6.45, 7) is 6.00. The molecule has 4 nitrogen and oxygen atoms in total. The predicted molar refractivity (Wildman–Crippen MR) is 90.7 cm³/mol. The number of rotatable bonds is 5. The van der Waals surface area contributed by atoms with E-state index in [1.54, 1.807) is 0 Å². The first-order valence-electron chi connectivity index (χ1n) is 7.51. The second kappa shape index (κ2) is 7.50. The summed E-state index contributed by atoms with van der Waals surface area (Å²) in [5, 5.41) is 5.63. The van der Waals surface area contributed by atoms with Gasteiger partial charge in [0.1, 0.15) is 5.75 Å². The van der Waals surface area contributed by atoms with E-state index < -0.39 is 0 Å². The first-order valence-corrected chi connectivity index (χ1v) is 7.51. The fraction of sp³-hybridized carbons (Fsp3) is 0.278. The molecule has 0 unspecified atom stereocenters. The summed E-state index contributed by atoms with van der Waals surface area (Å²) >= 11 is 0. The van der Waals surface area contributed by atoms with E-state index in [1.165, 1.54) is 5.56 Å². The van der Waals surface area contributed by atoms with Crippen molar-refractivity contribution in [2.45, 2.75) is 33.3 Å². The Bertz CT molecular complexity index is 621. The zero-order valence-electron chi connectivity index (χ0n) is 13.2. The van der Waals surface area contributed by atoms with Gasteiger partial charge in [0.2, 0.25) is 0 Å². The van der Waals surface area contributed by atoms with Crippen molar-refractivity contribution >= 4 is 17.4 Å². The summed E-state index contributed by atoms with van der Waals surface area (Å²) in [6.07, 6.45) is 1.03. The summed E-state index contributed by atoms with van der Waals surface area (Å²) in [5.41, 5.74) is 2.65. The number of hydrogen-bond acceptors (Lipinski definition) is 2. The van der Waals surface area contributed by atoms with Gasteiger partial charge in [0.05, 0.1) is 11.8 Å². The number of ether oxygens (including phenoxy) is 1. The summed E-state index contributed by atoms with van der Waals surface area (Å²) in [4.78, 5) is 12.1. The number of urea groups is 1. The number of carbonyl (C=O) groups is 1. The Labute approximate surface area is 131 Å². The third-order valence-corrected chi connectivity index (χ3v) is 3.12. The highest BCUT2D eigenvalue weighted by Crippen LogP contribution is 2.25. The van der Waals surface area contributed by atoms with Crippen LogP contribution in [0.4, 0.5) is 16.2 Å². The lowest BCUT2D eigenvalue weighted by molar-refractivity contribution is 0.243. The first-order chi connectivity index (χ1) is 10.6. The fourth-order valence-electron chi connectivity index (χ4n) is 2.04. The smallest absolute Gasteiger partial charge is 0.323 e. The van der Waals surface area contributed by atoms with Crippen LogP contribution in [0, 0.1) is 0 Å². The number of anilines is 2. The Morgan fingerprint density at radius 3 is 2.36 bits per heavy atom. The lowest BCUT2D eigenvalue weighted by Crippen LogP contribution is -2.20. The van der Waals surface area contributed by atoms with E-state index in [9.17, 15) is 4.79 Å². The minimum atomic E-state index is -0.288. The maximum absolute atomic E-state index is 12.1. The van der Waals surface area contributed by atoms with Gasteiger partial charge >= 0.3 is 6.03 Å².